The molecule has 1 unspecified atom stereocenters. The Morgan fingerprint density at radius 1 is 1.57 bits per heavy atom. The molecule has 132 valence electrons. The Bertz CT molecular complexity index is 494. The van der Waals surface area contributed by atoms with E-state index in [1.165, 1.54) is 6.42 Å². The number of nitrogens with one attached hydrogen (secondary N) is 1. The Hall–Kier alpha value is -0.610. The molecule has 1 aliphatic rings. The number of guanidine groups is 1. The fourth-order valence-corrected chi connectivity index (χ4v) is 3.29. The zero-order valence-electron chi connectivity index (χ0n) is 14.4. The van der Waals surface area contributed by atoms with E-state index in [0.717, 1.165) is 43.1 Å². The highest BCUT2D eigenvalue weighted by Gasteiger charge is 2.24. The number of aliphatic imine (C=N–C) groups is 1. The smallest absolute Gasteiger partial charge is 0.193 e. The van der Waals surface area contributed by atoms with Crippen molar-refractivity contribution in [3.63, 3.8) is 0 Å². The van der Waals surface area contributed by atoms with Crippen molar-refractivity contribution in [2.75, 3.05) is 52.3 Å². The van der Waals surface area contributed by atoms with Gasteiger partial charge in [0.2, 0.25) is 0 Å². The first-order valence-electron chi connectivity index (χ1n) is 7.79. The first-order valence-corrected chi connectivity index (χ1v) is 8.67. The molecule has 1 aliphatic heterocycles. The van der Waals surface area contributed by atoms with Gasteiger partial charge in [-0.1, -0.05) is 0 Å². The average Bonchev–Trinajstić information content (AvgIpc) is 3.15. The summed E-state index contributed by atoms with van der Waals surface area (Å²) in [6, 6.07) is 0. The largest absolute Gasteiger partial charge is 0.381 e. The molecule has 0 amide bonds. The summed E-state index contributed by atoms with van der Waals surface area (Å²) in [7, 11) is 5.86. The molecule has 0 aliphatic carbocycles. The van der Waals surface area contributed by atoms with Gasteiger partial charge in [-0.3, -0.25) is 4.99 Å². The van der Waals surface area contributed by atoms with E-state index < -0.39 is 0 Å². The van der Waals surface area contributed by atoms with E-state index in [4.69, 9.17) is 4.74 Å². The van der Waals surface area contributed by atoms with E-state index in [9.17, 15) is 0 Å². The van der Waals surface area contributed by atoms with Crippen LogP contribution in [0.25, 0.3) is 0 Å². The lowest BCUT2D eigenvalue weighted by molar-refractivity contribution is 0.114. The Morgan fingerprint density at radius 3 is 2.96 bits per heavy atom. The Morgan fingerprint density at radius 2 is 2.35 bits per heavy atom. The van der Waals surface area contributed by atoms with Gasteiger partial charge in [0.15, 0.2) is 11.1 Å². The maximum Gasteiger partial charge on any atom is 0.193 e. The summed E-state index contributed by atoms with van der Waals surface area (Å²) < 4.78 is 5.53. The lowest BCUT2D eigenvalue weighted by atomic mass is 10.1. The third-order valence-electron chi connectivity index (χ3n) is 3.70. The SMILES string of the molecule is CCOCC1CCN(C(=NC)NCc2csc(N(C)C)n2)C1.I. The highest BCUT2D eigenvalue weighted by Crippen LogP contribution is 2.19. The van der Waals surface area contributed by atoms with Crippen LogP contribution in [0, 0.1) is 5.92 Å². The minimum atomic E-state index is 0. The van der Waals surface area contributed by atoms with Crippen LogP contribution in [0.2, 0.25) is 0 Å². The van der Waals surface area contributed by atoms with Gasteiger partial charge in [-0.2, -0.15) is 0 Å². The average molecular weight is 453 g/mol. The lowest BCUT2D eigenvalue weighted by Gasteiger charge is -2.21. The number of hydrogen-bond donors (Lipinski definition) is 1. The van der Waals surface area contributed by atoms with E-state index in [1.807, 2.05) is 33.0 Å². The minimum Gasteiger partial charge on any atom is -0.381 e. The van der Waals surface area contributed by atoms with Crippen LogP contribution in [0.15, 0.2) is 10.4 Å². The number of thiazole rings is 1. The molecular weight excluding hydrogens is 425 g/mol. The van der Waals surface area contributed by atoms with E-state index in [1.54, 1.807) is 11.3 Å². The summed E-state index contributed by atoms with van der Waals surface area (Å²) in [5, 5.41) is 6.54. The van der Waals surface area contributed by atoms with E-state index in [2.05, 4.69) is 25.6 Å². The molecule has 0 spiro atoms. The van der Waals surface area contributed by atoms with Gasteiger partial charge in [0.25, 0.3) is 0 Å². The molecule has 1 saturated heterocycles. The maximum absolute atomic E-state index is 5.53. The number of nitrogens with zero attached hydrogens (tertiary/aromatic N) is 4. The van der Waals surface area contributed by atoms with Gasteiger partial charge in [0, 0.05) is 52.1 Å². The summed E-state index contributed by atoms with van der Waals surface area (Å²) in [5.41, 5.74) is 1.06. The van der Waals surface area contributed by atoms with Crippen LogP contribution in [0.4, 0.5) is 5.13 Å². The van der Waals surface area contributed by atoms with Gasteiger partial charge < -0.3 is 19.9 Å². The number of hydrogen-bond acceptors (Lipinski definition) is 5. The topological polar surface area (TPSA) is 53.0 Å². The van der Waals surface area contributed by atoms with E-state index >= 15 is 0 Å². The van der Waals surface area contributed by atoms with Crippen molar-refractivity contribution in [3.05, 3.63) is 11.1 Å². The highest BCUT2D eigenvalue weighted by molar-refractivity contribution is 14.0. The Labute approximate surface area is 160 Å². The van der Waals surface area contributed by atoms with Crippen molar-refractivity contribution in [2.45, 2.75) is 19.9 Å². The molecule has 1 atom stereocenters. The van der Waals surface area contributed by atoms with Crippen molar-refractivity contribution in [1.29, 1.82) is 0 Å². The molecule has 1 aromatic rings. The first-order chi connectivity index (χ1) is 10.6. The third kappa shape index (κ3) is 6.07. The number of halogens is 1. The quantitative estimate of drug-likeness (QED) is 0.407. The third-order valence-corrected chi connectivity index (χ3v) is 4.76. The minimum absolute atomic E-state index is 0. The predicted molar refractivity (Wildman–Crippen MR) is 108 cm³/mol. The highest BCUT2D eigenvalue weighted by atomic mass is 127. The lowest BCUT2D eigenvalue weighted by Crippen LogP contribution is -2.39. The van der Waals surface area contributed by atoms with Crippen molar-refractivity contribution in [3.8, 4) is 0 Å². The second kappa shape index (κ2) is 10.3. The Balaban J connectivity index is 0.00000264. The normalized spacial score (nSPS) is 18.0. The van der Waals surface area contributed by atoms with Crippen LogP contribution >= 0.6 is 35.3 Å². The van der Waals surface area contributed by atoms with Gasteiger partial charge in [0.05, 0.1) is 18.8 Å². The maximum atomic E-state index is 5.53. The van der Waals surface area contributed by atoms with Crippen LogP contribution < -0.4 is 10.2 Å². The molecule has 1 aromatic heterocycles. The second-order valence-electron chi connectivity index (χ2n) is 5.68. The second-order valence-corrected chi connectivity index (χ2v) is 6.51. The van der Waals surface area contributed by atoms with Crippen LogP contribution in [0.5, 0.6) is 0 Å². The molecule has 8 heteroatoms. The van der Waals surface area contributed by atoms with Crippen molar-refractivity contribution in [2.24, 2.45) is 10.9 Å². The summed E-state index contributed by atoms with van der Waals surface area (Å²) in [6.45, 7) is 6.45. The number of ether oxygens (including phenoxy) is 1. The molecule has 0 aromatic carbocycles. The van der Waals surface area contributed by atoms with Crippen molar-refractivity contribution >= 4 is 46.4 Å². The fourth-order valence-electron chi connectivity index (χ4n) is 2.53. The monoisotopic (exact) mass is 453 g/mol. The molecule has 6 nitrogen and oxygen atoms in total. The molecule has 1 N–H and O–H groups in total. The number of aromatic nitrogens is 1. The van der Waals surface area contributed by atoms with Crippen LogP contribution in [-0.4, -0.2) is 63.3 Å². The molecule has 2 heterocycles. The van der Waals surface area contributed by atoms with Crippen molar-refractivity contribution < 1.29 is 4.74 Å². The van der Waals surface area contributed by atoms with Crippen LogP contribution in [0.3, 0.4) is 0 Å². The van der Waals surface area contributed by atoms with Gasteiger partial charge >= 0.3 is 0 Å². The van der Waals surface area contributed by atoms with E-state index in [-0.39, 0.29) is 24.0 Å². The molecule has 1 fully saturated rings. The number of anilines is 1. The summed E-state index contributed by atoms with van der Waals surface area (Å²) in [6.07, 6.45) is 1.17. The summed E-state index contributed by atoms with van der Waals surface area (Å²) in [5.74, 6) is 1.57. The van der Waals surface area contributed by atoms with Gasteiger partial charge in [-0.15, -0.1) is 35.3 Å². The first kappa shape index (κ1) is 20.4. The van der Waals surface area contributed by atoms with Gasteiger partial charge in [-0.25, -0.2) is 4.98 Å². The standard InChI is InChI=1S/C15H27N5OS.HI/c1-5-21-10-12-6-7-20(9-12)14(16-2)17-8-13-11-22-15(18-13)19(3)4;/h11-12H,5-10H2,1-4H3,(H,16,17);1H. The van der Waals surface area contributed by atoms with Crippen molar-refractivity contribution in [1.82, 2.24) is 15.2 Å². The van der Waals surface area contributed by atoms with Gasteiger partial charge in [-0.05, 0) is 13.3 Å². The molecule has 0 radical (unpaired) electrons. The Kier molecular flexibility index (Phi) is 9.15. The molecule has 2 rings (SSSR count). The fraction of sp³-hybridized carbons (Fsp3) is 0.733. The van der Waals surface area contributed by atoms with Gasteiger partial charge in [0.1, 0.15) is 0 Å². The molecular formula is C15H28IN5OS. The predicted octanol–water partition coefficient (Wildman–Crippen LogP) is 2.26. The van der Waals surface area contributed by atoms with E-state index in [0.29, 0.717) is 12.5 Å². The summed E-state index contributed by atoms with van der Waals surface area (Å²) in [4.78, 5) is 13.3. The van der Waals surface area contributed by atoms with Crippen LogP contribution in [-0.2, 0) is 11.3 Å². The zero-order valence-corrected chi connectivity index (χ0v) is 17.6. The number of rotatable bonds is 6. The van der Waals surface area contributed by atoms with Crippen LogP contribution in [0.1, 0.15) is 19.0 Å². The zero-order chi connectivity index (χ0) is 15.9. The summed E-state index contributed by atoms with van der Waals surface area (Å²) >= 11 is 1.66. The number of likely N-dealkylation sites (tertiary alicyclic amines) is 1. The molecule has 0 bridgehead atoms. The molecule has 0 saturated carbocycles. The molecule has 23 heavy (non-hydrogen) atoms.